The summed E-state index contributed by atoms with van der Waals surface area (Å²) in [5.74, 6) is -0.655. The molecule has 0 spiro atoms. The van der Waals surface area contributed by atoms with Gasteiger partial charge in [0.05, 0.1) is 6.20 Å². The highest BCUT2D eigenvalue weighted by atomic mass is 19.4. The van der Waals surface area contributed by atoms with E-state index < -0.39 is 12.1 Å². The number of carbonyl (C=O) groups is 1. The van der Waals surface area contributed by atoms with Crippen molar-refractivity contribution >= 4 is 6.29 Å². The van der Waals surface area contributed by atoms with Crippen molar-refractivity contribution in [1.82, 2.24) is 4.98 Å². The molecule has 7 heteroatoms. The lowest BCUT2D eigenvalue weighted by Gasteiger charge is -2.11. The molecule has 20 heavy (non-hydrogen) atoms. The highest BCUT2D eigenvalue weighted by Gasteiger charge is 2.31. The predicted molar refractivity (Wildman–Crippen MR) is 63.4 cm³/mol. The zero-order valence-electron chi connectivity index (χ0n) is 9.89. The Morgan fingerprint density at radius 1 is 1.10 bits per heavy atom. The van der Waals surface area contributed by atoms with Gasteiger partial charge in [0.1, 0.15) is 17.8 Å². The number of hydrogen-bond donors (Lipinski definition) is 1. The molecule has 104 valence electrons. The number of carbonyl (C=O) groups excluding carboxylic acids is 1. The number of ether oxygens (including phenoxy) is 1. The highest BCUT2D eigenvalue weighted by molar-refractivity contribution is 5.80. The third-order valence-corrected chi connectivity index (χ3v) is 2.36. The normalized spacial score (nSPS) is 11.2. The minimum Gasteiger partial charge on any atom is -0.506 e. The van der Waals surface area contributed by atoms with Crippen molar-refractivity contribution in [3.8, 4) is 22.6 Å². The number of halogens is 3. The quantitative estimate of drug-likeness (QED) is 0.879. The van der Waals surface area contributed by atoms with Crippen LogP contribution in [0.3, 0.4) is 0 Å². The van der Waals surface area contributed by atoms with Crippen molar-refractivity contribution in [3.63, 3.8) is 0 Å². The van der Waals surface area contributed by atoms with Crippen molar-refractivity contribution in [2.24, 2.45) is 0 Å². The van der Waals surface area contributed by atoms with Crippen LogP contribution in [0.15, 0.2) is 36.7 Å². The molecule has 1 N–H and O–H groups in total. The molecular weight excluding hydrogens is 275 g/mol. The number of aromatic nitrogens is 1. The molecule has 0 bridgehead atoms. The second-order valence-corrected chi connectivity index (χ2v) is 3.89. The van der Waals surface area contributed by atoms with Crippen LogP contribution in [-0.2, 0) is 0 Å². The van der Waals surface area contributed by atoms with E-state index in [1.54, 1.807) is 0 Å². The minimum atomic E-state index is -4.85. The van der Waals surface area contributed by atoms with E-state index in [9.17, 15) is 23.1 Å². The van der Waals surface area contributed by atoms with E-state index in [-0.39, 0.29) is 16.9 Å². The van der Waals surface area contributed by atoms with Gasteiger partial charge in [0.15, 0.2) is 0 Å². The van der Waals surface area contributed by atoms with Gasteiger partial charge in [0.25, 0.3) is 0 Å². The maximum atomic E-state index is 12.2. The van der Waals surface area contributed by atoms with Gasteiger partial charge in [-0.3, -0.25) is 9.78 Å². The smallest absolute Gasteiger partial charge is 0.506 e. The van der Waals surface area contributed by atoms with E-state index in [1.165, 1.54) is 24.5 Å². The monoisotopic (exact) mass is 283 g/mol. The molecule has 0 aliphatic rings. The largest absolute Gasteiger partial charge is 0.573 e. The van der Waals surface area contributed by atoms with Gasteiger partial charge in [0.2, 0.25) is 0 Å². The molecule has 1 aromatic carbocycles. The summed E-state index contributed by atoms with van der Waals surface area (Å²) >= 11 is 0. The Balaban J connectivity index is 2.48. The lowest BCUT2D eigenvalue weighted by molar-refractivity contribution is -0.274. The molecule has 0 fully saturated rings. The molecule has 0 aliphatic carbocycles. The van der Waals surface area contributed by atoms with Crippen molar-refractivity contribution < 1.29 is 27.8 Å². The zero-order chi connectivity index (χ0) is 14.8. The number of pyridine rings is 1. The summed E-state index contributed by atoms with van der Waals surface area (Å²) in [6, 6.07) is 4.76. The first kappa shape index (κ1) is 13.9. The Bertz CT molecular complexity index is 641. The number of alkyl halides is 3. The first-order valence-corrected chi connectivity index (χ1v) is 5.38. The summed E-state index contributed by atoms with van der Waals surface area (Å²) in [6.07, 6.45) is -1.92. The first-order chi connectivity index (χ1) is 9.37. The number of aromatic hydroxyl groups is 1. The Labute approximate surface area is 111 Å². The van der Waals surface area contributed by atoms with Gasteiger partial charge in [-0.1, -0.05) is 0 Å². The molecular formula is C13H8F3NO3. The Morgan fingerprint density at radius 2 is 1.85 bits per heavy atom. The van der Waals surface area contributed by atoms with Crippen molar-refractivity contribution in [2.45, 2.75) is 6.36 Å². The fourth-order valence-corrected chi connectivity index (χ4v) is 1.64. The van der Waals surface area contributed by atoms with E-state index in [0.29, 0.717) is 11.8 Å². The van der Waals surface area contributed by atoms with Crippen molar-refractivity contribution in [2.75, 3.05) is 0 Å². The van der Waals surface area contributed by atoms with E-state index >= 15 is 0 Å². The molecule has 2 rings (SSSR count). The molecule has 0 saturated carbocycles. The molecule has 0 aliphatic heterocycles. The van der Waals surface area contributed by atoms with Crippen LogP contribution >= 0.6 is 0 Å². The molecule has 4 nitrogen and oxygen atoms in total. The number of benzene rings is 1. The van der Waals surface area contributed by atoms with Gasteiger partial charge in [-0.05, 0) is 29.8 Å². The van der Waals surface area contributed by atoms with Gasteiger partial charge >= 0.3 is 6.36 Å². The molecule has 0 atom stereocenters. The summed E-state index contributed by atoms with van der Waals surface area (Å²) in [5, 5.41) is 9.31. The van der Waals surface area contributed by atoms with Crippen LogP contribution < -0.4 is 4.74 Å². The Hall–Kier alpha value is -2.57. The number of aldehydes is 1. The number of rotatable bonds is 3. The summed E-state index contributed by atoms with van der Waals surface area (Å²) in [6.45, 7) is 0. The first-order valence-electron chi connectivity index (χ1n) is 5.38. The average Bonchev–Trinajstić information content (AvgIpc) is 2.36. The van der Waals surface area contributed by atoms with E-state index in [2.05, 4.69) is 9.72 Å². The molecule has 1 heterocycles. The third kappa shape index (κ3) is 3.47. The number of hydrogen-bond acceptors (Lipinski definition) is 4. The van der Waals surface area contributed by atoms with Crippen LogP contribution in [0.4, 0.5) is 13.2 Å². The van der Waals surface area contributed by atoms with Crippen molar-refractivity contribution in [3.05, 3.63) is 42.2 Å². The van der Waals surface area contributed by atoms with E-state index in [1.807, 2.05) is 0 Å². The van der Waals surface area contributed by atoms with Crippen LogP contribution in [0, 0.1) is 0 Å². The van der Waals surface area contributed by atoms with Gasteiger partial charge in [-0.15, -0.1) is 13.2 Å². The average molecular weight is 283 g/mol. The maximum Gasteiger partial charge on any atom is 0.573 e. The summed E-state index contributed by atoms with van der Waals surface area (Å²) in [7, 11) is 0. The maximum absolute atomic E-state index is 12.2. The molecule has 0 radical (unpaired) electrons. The van der Waals surface area contributed by atoms with Crippen LogP contribution in [0.1, 0.15) is 10.4 Å². The second kappa shape index (κ2) is 5.20. The van der Waals surface area contributed by atoms with Crippen molar-refractivity contribution in [1.29, 1.82) is 0 Å². The lowest BCUT2D eigenvalue weighted by Crippen LogP contribution is -2.17. The summed E-state index contributed by atoms with van der Waals surface area (Å²) < 4.78 is 40.4. The van der Waals surface area contributed by atoms with E-state index in [4.69, 9.17) is 0 Å². The fraction of sp³-hybridized carbons (Fsp3) is 0.0769. The molecule has 0 amide bonds. The van der Waals surface area contributed by atoms with Crippen LogP contribution in [-0.4, -0.2) is 22.7 Å². The number of nitrogens with zero attached hydrogens (tertiary/aromatic N) is 1. The van der Waals surface area contributed by atoms with Crippen LogP contribution in [0.2, 0.25) is 0 Å². The summed E-state index contributed by atoms with van der Waals surface area (Å²) in [4.78, 5) is 14.5. The van der Waals surface area contributed by atoms with Gasteiger partial charge in [-0.2, -0.15) is 0 Å². The molecule has 0 unspecified atom stereocenters. The molecule has 0 saturated heterocycles. The highest BCUT2D eigenvalue weighted by Crippen LogP contribution is 2.30. The lowest BCUT2D eigenvalue weighted by atomic mass is 10.0. The minimum absolute atomic E-state index is 0.0186. The second-order valence-electron chi connectivity index (χ2n) is 3.89. The Morgan fingerprint density at radius 3 is 2.45 bits per heavy atom. The topological polar surface area (TPSA) is 59.4 Å². The zero-order valence-corrected chi connectivity index (χ0v) is 9.89. The van der Waals surface area contributed by atoms with Gasteiger partial charge < -0.3 is 9.84 Å². The summed E-state index contributed by atoms with van der Waals surface area (Å²) in [5.41, 5.74) is 0.656. The van der Waals surface area contributed by atoms with Gasteiger partial charge in [-0.25, -0.2) is 0 Å². The Kier molecular flexibility index (Phi) is 3.60. The molecule has 1 aromatic heterocycles. The SMILES string of the molecule is O=Cc1cc(OC(F)(F)F)cc(-c2cncc(O)c2)c1. The predicted octanol–water partition coefficient (Wildman–Crippen LogP) is 3.17. The fourth-order valence-electron chi connectivity index (χ4n) is 1.64. The van der Waals surface area contributed by atoms with E-state index in [0.717, 1.165) is 12.1 Å². The van der Waals surface area contributed by atoms with Crippen LogP contribution in [0.5, 0.6) is 11.5 Å². The van der Waals surface area contributed by atoms with Crippen LogP contribution in [0.25, 0.3) is 11.1 Å². The molecule has 2 aromatic rings. The van der Waals surface area contributed by atoms with Gasteiger partial charge in [0, 0.05) is 17.3 Å². The third-order valence-electron chi connectivity index (χ3n) is 2.36. The standard InChI is InChI=1S/C13H8F3NO3/c14-13(15,16)20-12-2-8(7-18)1-9(4-12)10-3-11(19)6-17-5-10/h1-7,19H.